The molecule has 2 rings (SSSR count). The van der Waals surface area contributed by atoms with Crippen molar-refractivity contribution in [1.82, 2.24) is 20.3 Å². The van der Waals surface area contributed by atoms with Crippen molar-refractivity contribution in [2.45, 2.75) is 20.1 Å². The highest BCUT2D eigenvalue weighted by atomic mass is 19.1. The molecule has 0 bridgehead atoms. The standard InChI is InChI=1S/C13H16F2N4O/c1-3-16-6-9-4-11(14)13(12(15)5-9)20-8-10-7-19(2)18-17-10/h4-5,7,16H,3,6,8H2,1-2H3. The third-order valence-corrected chi connectivity index (χ3v) is 2.65. The summed E-state index contributed by atoms with van der Waals surface area (Å²) in [5.74, 6) is -1.83. The van der Waals surface area contributed by atoms with Crippen molar-refractivity contribution in [1.29, 1.82) is 0 Å². The molecule has 0 aliphatic rings. The second kappa shape index (κ2) is 6.42. The Hall–Kier alpha value is -2.02. The van der Waals surface area contributed by atoms with E-state index >= 15 is 0 Å². The van der Waals surface area contributed by atoms with Crippen LogP contribution < -0.4 is 10.1 Å². The van der Waals surface area contributed by atoms with Crippen molar-refractivity contribution < 1.29 is 13.5 Å². The molecule has 0 unspecified atom stereocenters. The molecule has 20 heavy (non-hydrogen) atoms. The summed E-state index contributed by atoms with van der Waals surface area (Å²) in [6.45, 7) is 3.03. The largest absolute Gasteiger partial charge is 0.481 e. The van der Waals surface area contributed by atoms with Gasteiger partial charge in [-0.2, -0.15) is 0 Å². The first-order chi connectivity index (χ1) is 9.60. The zero-order valence-corrected chi connectivity index (χ0v) is 11.4. The van der Waals surface area contributed by atoms with Crippen LogP contribution in [0.4, 0.5) is 8.78 Å². The van der Waals surface area contributed by atoms with Crippen LogP contribution in [-0.2, 0) is 20.2 Å². The summed E-state index contributed by atoms with van der Waals surface area (Å²) in [6.07, 6.45) is 1.62. The van der Waals surface area contributed by atoms with Crippen molar-refractivity contribution in [3.05, 3.63) is 41.2 Å². The summed E-state index contributed by atoms with van der Waals surface area (Å²) in [7, 11) is 1.70. The van der Waals surface area contributed by atoms with Crippen LogP contribution in [0.15, 0.2) is 18.3 Å². The van der Waals surface area contributed by atoms with E-state index in [0.717, 1.165) is 6.54 Å². The van der Waals surface area contributed by atoms with Crippen molar-refractivity contribution in [3.63, 3.8) is 0 Å². The highest BCUT2D eigenvalue weighted by Gasteiger charge is 2.13. The lowest BCUT2D eigenvalue weighted by atomic mass is 10.2. The molecule has 0 saturated carbocycles. The molecule has 0 saturated heterocycles. The fourth-order valence-electron chi connectivity index (χ4n) is 1.73. The molecule has 5 nitrogen and oxygen atoms in total. The van der Waals surface area contributed by atoms with Gasteiger partial charge < -0.3 is 10.1 Å². The van der Waals surface area contributed by atoms with E-state index in [4.69, 9.17) is 4.74 Å². The van der Waals surface area contributed by atoms with Crippen LogP contribution in [0.3, 0.4) is 0 Å². The average Bonchev–Trinajstić information content (AvgIpc) is 2.81. The molecule has 0 aliphatic carbocycles. The normalized spacial score (nSPS) is 10.8. The molecule has 0 radical (unpaired) electrons. The molecule has 1 heterocycles. The third-order valence-electron chi connectivity index (χ3n) is 2.65. The van der Waals surface area contributed by atoms with Gasteiger partial charge in [-0.3, -0.25) is 4.68 Å². The topological polar surface area (TPSA) is 52.0 Å². The Morgan fingerprint density at radius 2 is 2.00 bits per heavy atom. The average molecular weight is 282 g/mol. The first kappa shape index (κ1) is 14.4. The zero-order valence-electron chi connectivity index (χ0n) is 11.4. The Morgan fingerprint density at radius 3 is 2.55 bits per heavy atom. The minimum atomic E-state index is -0.721. The number of nitrogens with one attached hydrogen (secondary N) is 1. The summed E-state index contributed by atoms with van der Waals surface area (Å²) in [5, 5.41) is 10.5. The van der Waals surface area contributed by atoms with Gasteiger partial charge in [0.15, 0.2) is 17.4 Å². The fraction of sp³-hybridized carbons (Fsp3) is 0.385. The number of rotatable bonds is 6. The molecule has 2 aromatic rings. The van der Waals surface area contributed by atoms with Gasteiger partial charge in [0.2, 0.25) is 0 Å². The second-order valence-electron chi connectivity index (χ2n) is 4.34. The van der Waals surface area contributed by atoms with E-state index in [1.807, 2.05) is 6.92 Å². The molecule has 0 aliphatic heterocycles. The molecule has 108 valence electrons. The van der Waals surface area contributed by atoms with Gasteiger partial charge in [-0.25, -0.2) is 8.78 Å². The first-order valence-electron chi connectivity index (χ1n) is 6.26. The highest BCUT2D eigenvalue weighted by molar-refractivity contribution is 5.31. The van der Waals surface area contributed by atoms with Gasteiger partial charge in [-0.15, -0.1) is 5.10 Å². The maximum absolute atomic E-state index is 13.8. The lowest BCUT2D eigenvalue weighted by molar-refractivity contribution is 0.269. The van der Waals surface area contributed by atoms with Gasteiger partial charge in [0.1, 0.15) is 12.3 Å². The van der Waals surface area contributed by atoms with E-state index in [1.54, 1.807) is 13.2 Å². The molecular weight excluding hydrogens is 266 g/mol. The first-order valence-corrected chi connectivity index (χ1v) is 6.26. The molecule has 1 N–H and O–H groups in total. The minimum absolute atomic E-state index is 0.0335. The lowest BCUT2D eigenvalue weighted by Gasteiger charge is -2.09. The molecular formula is C13H16F2N4O. The smallest absolute Gasteiger partial charge is 0.191 e. The SMILES string of the molecule is CCNCc1cc(F)c(OCc2cn(C)nn2)c(F)c1. The molecule has 0 fully saturated rings. The van der Waals surface area contributed by atoms with Crippen LogP contribution in [-0.4, -0.2) is 21.5 Å². The quantitative estimate of drug-likeness (QED) is 0.877. The second-order valence-corrected chi connectivity index (χ2v) is 4.34. The van der Waals surface area contributed by atoms with E-state index in [-0.39, 0.29) is 6.61 Å². The van der Waals surface area contributed by atoms with E-state index in [9.17, 15) is 8.78 Å². The maximum Gasteiger partial charge on any atom is 0.191 e. The van der Waals surface area contributed by atoms with Crippen LogP contribution in [0, 0.1) is 11.6 Å². The van der Waals surface area contributed by atoms with Crippen molar-refractivity contribution in [2.75, 3.05) is 6.54 Å². The number of aromatic nitrogens is 3. The van der Waals surface area contributed by atoms with Gasteiger partial charge in [0.25, 0.3) is 0 Å². The molecule has 0 amide bonds. The van der Waals surface area contributed by atoms with Gasteiger partial charge in [0, 0.05) is 13.6 Å². The summed E-state index contributed by atoms with van der Waals surface area (Å²) in [6, 6.07) is 2.52. The monoisotopic (exact) mass is 282 g/mol. The van der Waals surface area contributed by atoms with Crippen LogP contribution in [0.1, 0.15) is 18.2 Å². The predicted octanol–water partition coefficient (Wildman–Crippen LogP) is 1.78. The van der Waals surface area contributed by atoms with Crippen LogP contribution in [0.2, 0.25) is 0 Å². The Balaban J connectivity index is 2.07. The van der Waals surface area contributed by atoms with Crippen molar-refractivity contribution >= 4 is 0 Å². The predicted molar refractivity (Wildman–Crippen MR) is 69.1 cm³/mol. The van der Waals surface area contributed by atoms with Crippen molar-refractivity contribution in [2.24, 2.45) is 7.05 Å². The van der Waals surface area contributed by atoms with Gasteiger partial charge >= 0.3 is 0 Å². The number of hydrogen-bond acceptors (Lipinski definition) is 4. The number of halogens is 2. The van der Waals surface area contributed by atoms with E-state index < -0.39 is 17.4 Å². The maximum atomic E-state index is 13.8. The van der Waals surface area contributed by atoms with E-state index in [2.05, 4.69) is 15.6 Å². The third kappa shape index (κ3) is 3.51. The van der Waals surface area contributed by atoms with Crippen LogP contribution >= 0.6 is 0 Å². The van der Waals surface area contributed by atoms with Crippen molar-refractivity contribution in [3.8, 4) is 5.75 Å². The highest BCUT2D eigenvalue weighted by Crippen LogP contribution is 2.24. The Bertz CT molecular complexity index is 562. The van der Waals surface area contributed by atoms with E-state index in [0.29, 0.717) is 17.8 Å². The molecule has 1 aromatic carbocycles. The minimum Gasteiger partial charge on any atom is -0.481 e. The lowest BCUT2D eigenvalue weighted by Crippen LogP contribution is -2.12. The summed E-state index contributed by atoms with van der Waals surface area (Å²) in [4.78, 5) is 0. The van der Waals surface area contributed by atoms with Crippen LogP contribution in [0.25, 0.3) is 0 Å². The number of ether oxygens (including phenoxy) is 1. The number of nitrogens with zero attached hydrogens (tertiary/aromatic N) is 3. The summed E-state index contributed by atoms with van der Waals surface area (Å²) in [5.41, 5.74) is 1.04. The number of benzene rings is 1. The Morgan fingerprint density at radius 1 is 1.30 bits per heavy atom. The summed E-state index contributed by atoms with van der Waals surface area (Å²) >= 11 is 0. The zero-order chi connectivity index (χ0) is 14.5. The van der Waals surface area contributed by atoms with Crippen LogP contribution in [0.5, 0.6) is 5.75 Å². The molecule has 7 heteroatoms. The number of aryl methyl sites for hydroxylation is 1. The Kier molecular flexibility index (Phi) is 4.62. The van der Waals surface area contributed by atoms with Gasteiger partial charge in [-0.05, 0) is 24.2 Å². The Labute approximate surface area is 115 Å². The summed E-state index contributed by atoms with van der Waals surface area (Å²) < 4.78 is 34.3. The number of hydrogen-bond donors (Lipinski definition) is 1. The molecule has 0 atom stereocenters. The van der Waals surface area contributed by atoms with Gasteiger partial charge in [-0.1, -0.05) is 12.1 Å². The molecule has 1 aromatic heterocycles. The molecule has 0 spiro atoms. The van der Waals surface area contributed by atoms with Gasteiger partial charge in [0.05, 0.1) is 6.20 Å². The fourth-order valence-corrected chi connectivity index (χ4v) is 1.73. The van der Waals surface area contributed by atoms with E-state index in [1.165, 1.54) is 16.8 Å².